The number of morpholine rings is 1. The highest BCUT2D eigenvalue weighted by molar-refractivity contribution is 14.0. The lowest BCUT2D eigenvalue weighted by atomic mass is 10.1. The molecular formula is C20H28IN5O2. The van der Waals surface area contributed by atoms with Gasteiger partial charge < -0.3 is 25.4 Å². The third kappa shape index (κ3) is 6.83. The number of nitrogens with two attached hydrogens (primary N) is 1. The van der Waals surface area contributed by atoms with Crippen LogP contribution in [0.4, 0.5) is 5.82 Å². The van der Waals surface area contributed by atoms with Gasteiger partial charge in [0.05, 0.1) is 26.9 Å². The average molecular weight is 497 g/mol. The van der Waals surface area contributed by atoms with Gasteiger partial charge in [-0.05, 0) is 41.8 Å². The molecule has 152 valence electrons. The zero-order valence-electron chi connectivity index (χ0n) is 16.1. The number of aromatic nitrogens is 1. The van der Waals surface area contributed by atoms with E-state index in [4.69, 9.17) is 15.2 Å². The number of ether oxygens (including phenoxy) is 2. The first kappa shape index (κ1) is 22.2. The maximum absolute atomic E-state index is 5.99. The van der Waals surface area contributed by atoms with Gasteiger partial charge >= 0.3 is 0 Å². The Bertz CT molecular complexity index is 749. The quantitative estimate of drug-likeness (QED) is 0.347. The molecule has 1 aliphatic rings. The maximum atomic E-state index is 5.99. The third-order valence-corrected chi connectivity index (χ3v) is 4.46. The molecule has 0 aliphatic carbocycles. The standard InChI is InChI=1S/C20H27N5O2.HI/c1-26-18-4-2-16(3-5-18)6-9-23-20(21)24-15-17-7-8-22-19(14-17)25-10-12-27-13-11-25;/h2-5,7-8,14H,6,9-13,15H2,1H3,(H3,21,23,24);1H. The van der Waals surface area contributed by atoms with E-state index < -0.39 is 0 Å². The van der Waals surface area contributed by atoms with E-state index in [-0.39, 0.29) is 24.0 Å². The molecule has 0 bridgehead atoms. The first-order chi connectivity index (χ1) is 13.2. The van der Waals surface area contributed by atoms with Gasteiger partial charge in [-0.25, -0.2) is 9.98 Å². The summed E-state index contributed by atoms with van der Waals surface area (Å²) in [6.45, 7) is 4.49. The zero-order chi connectivity index (χ0) is 18.9. The van der Waals surface area contributed by atoms with Crippen LogP contribution in [-0.4, -0.2) is 50.9 Å². The summed E-state index contributed by atoms with van der Waals surface area (Å²) in [4.78, 5) is 11.1. The van der Waals surface area contributed by atoms with Gasteiger partial charge in [-0.15, -0.1) is 24.0 Å². The molecule has 0 radical (unpaired) electrons. The van der Waals surface area contributed by atoms with Crippen LogP contribution >= 0.6 is 24.0 Å². The number of anilines is 1. The Balaban J connectivity index is 0.00000280. The molecule has 3 N–H and O–H groups in total. The van der Waals surface area contributed by atoms with Gasteiger partial charge in [0.2, 0.25) is 0 Å². The van der Waals surface area contributed by atoms with E-state index in [1.54, 1.807) is 7.11 Å². The third-order valence-electron chi connectivity index (χ3n) is 4.46. The largest absolute Gasteiger partial charge is 0.497 e. The highest BCUT2D eigenvalue weighted by atomic mass is 127. The minimum Gasteiger partial charge on any atom is -0.497 e. The number of benzene rings is 1. The molecule has 1 aliphatic heterocycles. The molecule has 7 nitrogen and oxygen atoms in total. The summed E-state index contributed by atoms with van der Waals surface area (Å²) in [7, 11) is 1.67. The van der Waals surface area contributed by atoms with Crippen molar-refractivity contribution >= 4 is 35.8 Å². The lowest BCUT2D eigenvalue weighted by Crippen LogP contribution is -2.36. The van der Waals surface area contributed by atoms with Crippen LogP contribution in [0.3, 0.4) is 0 Å². The number of hydrogen-bond donors (Lipinski definition) is 2. The Morgan fingerprint density at radius 1 is 1.21 bits per heavy atom. The summed E-state index contributed by atoms with van der Waals surface area (Å²) in [5.74, 6) is 2.28. The lowest BCUT2D eigenvalue weighted by molar-refractivity contribution is 0.122. The van der Waals surface area contributed by atoms with Crippen molar-refractivity contribution in [3.63, 3.8) is 0 Å². The number of guanidine groups is 1. The van der Waals surface area contributed by atoms with Crippen molar-refractivity contribution in [1.82, 2.24) is 10.3 Å². The Labute approximate surface area is 183 Å². The van der Waals surface area contributed by atoms with Crippen molar-refractivity contribution in [3.8, 4) is 5.75 Å². The molecule has 8 heteroatoms. The van der Waals surface area contributed by atoms with Crippen LogP contribution in [0.1, 0.15) is 11.1 Å². The molecule has 0 atom stereocenters. The number of methoxy groups -OCH3 is 1. The van der Waals surface area contributed by atoms with Gasteiger partial charge in [-0.2, -0.15) is 0 Å². The van der Waals surface area contributed by atoms with Crippen LogP contribution in [0.5, 0.6) is 5.75 Å². The molecule has 0 spiro atoms. The van der Waals surface area contributed by atoms with E-state index >= 15 is 0 Å². The number of aliphatic imine (C=N–C) groups is 1. The maximum Gasteiger partial charge on any atom is 0.188 e. The minimum absolute atomic E-state index is 0. The molecule has 2 aromatic rings. The van der Waals surface area contributed by atoms with E-state index in [9.17, 15) is 0 Å². The SMILES string of the molecule is COc1ccc(CCNC(N)=NCc2ccnc(N3CCOCC3)c2)cc1.I. The van der Waals surface area contributed by atoms with Crippen molar-refractivity contribution < 1.29 is 9.47 Å². The van der Waals surface area contributed by atoms with Crippen LogP contribution < -0.4 is 20.7 Å². The summed E-state index contributed by atoms with van der Waals surface area (Å²) < 4.78 is 10.6. The van der Waals surface area contributed by atoms with Crippen molar-refractivity contribution in [2.75, 3.05) is 44.9 Å². The second-order valence-corrected chi connectivity index (χ2v) is 6.35. The Morgan fingerprint density at radius 2 is 1.96 bits per heavy atom. The monoisotopic (exact) mass is 497 g/mol. The van der Waals surface area contributed by atoms with Crippen molar-refractivity contribution in [2.45, 2.75) is 13.0 Å². The van der Waals surface area contributed by atoms with Crippen molar-refractivity contribution in [3.05, 3.63) is 53.7 Å². The first-order valence-corrected chi connectivity index (χ1v) is 9.19. The molecule has 1 fully saturated rings. The Hall–Kier alpha value is -2.07. The summed E-state index contributed by atoms with van der Waals surface area (Å²) in [6, 6.07) is 12.1. The first-order valence-electron chi connectivity index (χ1n) is 9.19. The lowest BCUT2D eigenvalue weighted by Gasteiger charge is -2.27. The van der Waals surface area contributed by atoms with E-state index in [1.807, 2.05) is 24.4 Å². The number of halogens is 1. The molecule has 3 rings (SSSR count). The summed E-state index contributed by atoms with van der Waals surface area (Å²) in [6.07, 6.45) is 2.69. The van der Waals surface area contributed by atoms with Crippen LogP contribution in [0, 0.1) is 0 Å². The van der Waals surface area contributed by atoms with E-state index in [2.05, 4.69) is 38.4 Å². The summed E-state index contributed by atoms with van der Waals surface area (Å²) >= 11 is 0. The molecular weight excluding hydrogens is 469 g/mol. The minimum atomic E-state index is 0. The van der Waals surface area contributed by atoms with E-state index in [0.717, 1.165) is 56.4 Å². The van der Waals surface area contributed by atoms with Gasteiger partial charge in [0.25, 0.3) is 0 Å². The van der Waals surface area contributed by atoms with Gasteiger partial charge in [0.1, 0.15) is 11.6 Å². The Morgan fingerprint density at radius 3 is 2.68 bits per heavy atom. The van der Waals surface area contributed by atoms with Crippen LogP contribution in [-0.2, 0) is 17.7 Å². The molecule has 28 heavy (non-hydrogen) atoms. The van der Waals surface area contributed by atoms with Gasteiger partial charge in [0.15, 0.2) is 5.96 Å². The fourth-order valence-corrected chi connectivity index (χ4v) is 2.88. The number of pyridine rings is 1. The number of nitrogens with one attached hydrogen (secondary N) is 1. The van der Waals surface area contributed by atoms with Crippen LogP contribution in [0.15, 0.2) is 47.6 Å². The van der Waals surface area contributed by atoms with Gasteiger partial charge in [-0.1, -0.05) is 12.1 Å². The molecule has 1 saturated heterocycles. The van der Waals surface area contributed by atoms with Crippen LogP contribution in [0.2, 0.25) is 0 Å². The van der Waals surface area contributed by atoms with Crippen molar-refractivity contribution in [2.24, 2.45) is 10.7 Å². The zero-order valence-corrected chi connectivity index (χ0v) is 18.5. The predicted molar refractivity (Wildman–Crippen MR) is 123 cm³/mol. The topological polar surface area (TPSA) is 85.0 Å². The highest BCUT2D eigenvalue weighted by Crippen LogP contribution is 2.15. The molecule has 1 aromatic heterocycles. The molecule has 0 saturated carbocycles. The molecule has 0 unspecified atom stereocenters. The fraction of sp³-hybridized carbons (Fsp3) is 0.400. The van der Waals surface area contributed by atoms with Gasteiger partial charge in [0, 0.05) is 25.8 Å². The fourth-order valence-electron chi connectivity index (χ4n) is 2.88. The molecule has 2 heterocycles. The highest BCUT2D eigenvalue weighted by Gasteiger charge is 2.12. The second kappa shape index (κ2) is 11.7. The summed E-state index contributed by atoms with van der Waals surface area (Å²) in [5, 5.41) is 3.16. The summed E-state index contributed by atoms with van der Waals surface area (Å²) in [5.41, 5.74) is 8.30. The second-order valence-electron chi connectivity index (χ2n) is 6.35. The number of nitrogens with zero attached hydrogens (tertiary/aromatic N) is 3. The molecule has 0 amide bonds. The van der Waals surface area contributed by atoms with Crippen LogP contribution in [0.25, 0.3) is 0 Å². The van der Waals surface area contributed by atoms with E-state index in [1.165, 1.54) is 5.56 Å². The van der Waals surface area contributed by atoms with Gasteiger partial charge in [-0.3, -0.25) is 0 Å². The smallest absolute Gasteiger partial charge is 0.188 e. The average Bonchev–Trinajstić information content (AvgIpc) is 2.73. The molecule has 1 aromatic carbocycles. The van der Waals surface area contributed by atoms with Crippen molar-refractivity contribution in [1.29, 1.82) is 0 Å². The normalized spacial score (nSPS) is 14.3. The predicted octanol–water partition coefficient (Wildman–Crippen LogP) is 2.19. The van der Waals surface area contributed by atoms with E-state index in [0.29, 0.717) is 12.5 Å². The number of hydrogen-bond acceptors (Lipinski definition) is 5. The number of rotatable bonds is 7. The Kier molecular flexibility index (Phi) is 9.29.